The summed E-state index contributed by atoms with van der Waals surface area (Å²) in [5.74, 6) is 3.13. The predicted octanol–water partition coefficient (Wildman–Crippen LogP) is 1.64. The molecule has 2 aliphatic rings. The van der Waals surface area contributed by atoms with Gasteiger partial charge in [-0.25, -0.2) is 0 Å². The van der Waals surface area contributed by atoms with Gasteiger partial charge in [0, 0.05) is 41.3 Å². The van der Waals surface area contributed by atoms with Crippen molar-refractivity contribution in [3.8, 4) is 9.85 Å². The lowest BCUT2D eigenvalue weighted by Crippen LogP contribution is -2.63. The fourth-order valence-corrected chi connectivity index (χ4v) is 2.41. The highest BCUT2D eigenvalue weighted by molar-refractivity contribution is 14.1. The summed E-state index contributed by atoms with van der Waals surface area (Å²) in [5.41, 5.74) is 0.374. The summed E-state index contributed by atoms with van der Waals surface area (Å²) < 4.78 is 8.47. The molecule has 0 amide bonds. The van der Waals surface area contributed by atoms with Crippen molar-refractivity contribution in [1.29, 1.82) is 0 Å². The molecular formula is C10H14INO. The maximum absolute atomic E-state index is 5.55. The largest absolute Gasteiger partial charge is 0.380 e. The first-order valence-electron chi connectivity index (χ1n) is 4.79. The zero-order valence-corrected chi connectivity index (χ0v) is 9.84. The van der Waals surface area contributed by atoms with Crippen LogP contribution in [0.15, 0.2) is 0 Å². The van der Waals surface area contributed by atoms with Gasteiger partial charge in [-0.15, -0.1) is 0 Å². The van der Waals surface area contributed by atoms with Gasteiger partial charge in [0.05, 0.1) is 13.2 Å². The average molecular weight is 291 g/mol. The summed E-state index contributed by atoms with van der Waals surface area (Å²) in [6.45, 7) is 4.00. The van der Waals surface area contributed by atoms with Crippen molar-refractivity contribution in [3.63, 3.8) is 0 Å². The van der Waals surface area contributed by atoms with Crippen LogP contribution in [0.3, 0.4) is 0 Å². The molecule has 13 heavy (non-hydrogen) atoms. The van der Waals surface area contributed by atoms with Gasteiger partial charge in [-0.1, -0.05) is 5.92 Å². The van der Waals surface area contributed by atoms with Crippen LogP contribution in [0.25, 0.3) is 0 Å². The maximum atomic E-state index is 5.55. The Hall–Kier alpha value is 0.210. The van der Waals surface area contributed by atoms with Crippen molar-refractivity contribution in [2.45, 2.75) is 24.8 Å². The lowest BCUT2D eigenvalue weighted by Gasteiger charge is -2.53. The van der Waals surface area contributed by atoms with Gasteiger partial charge in [0.25, 0.3) is 0 Å². The zero-order valence-electron chi connectivity index (χ0n) is 7.68. The van der Waals surface area contributed by atoms with Crippen molar-refractivity contribution >= 4 is 22.6 Å². The highest BCUT2D eigenvalue weighted by Crippen LogP contribution is 2.37. The van der Waals surface area contributed by atoms with Crippen LogP contribution in [0.1, 0.15) is 19.3 Å². The molecule has 1 spiro atoms. The number of ether oxygens (including phenoxy) is 1. The van der Waals surface area contributed by atoms with Crippen LogP contribution in [0.2, 0.25) is 0 Å². The minimum Gasteiger partial charge on any atom is -0.380 e. The summed E-state index contributed by atoms with van der Waals surface area (Å²) in [4.78, 5) is 2.47. The van der Waals surface area contributed by atoms with Crippen LogP contribution in [0.5, 0.6) is 0 Å². The molecule has 0 aromatic rings. The third kappa shape index (κ3) is 1.85. The van der Waals surface area contributed by atoms with Gasteiger partial charge in [-0.2, -0.15) is 0 Å². The Balaban J connectivity index is 1.93. The summed E-state index contributed by atoms with van der Waals surface area (Å²) in [5, 5.41) is 0. The molecule has 2 fully saturated rings. The third-order valence-electron chi connectivity index (χ3n) is 3.16. The third-order valence-corrected chi connectivity index (χ3v) is 3.54. The monoisotopic (exact) mass is 291 g/mol. The summed E-state index contributed by atoms with van der Waals surface area (Å²) >= 11 is 2.10. The van der Waals surface area contributed by atoms with Crippen molar-refractivity contribution < 1.29 is 4.74 Å². The second-order valence-electron chi connectivity index (χ2n) is 3.82. The van der Waals surface area contributed by atoms with E-state index in [1.54, 1.807) is 0 Å². The molecule has 0 radical (unpaired) electrons. The second-order valence-corrected chi connectivity index (χ2v) is 4.36. The van der Waals surface area contributed by atoms with Gasteiger partial charge < -0.3 is 4.74 Å². The molecule has 1 unspecified atom stereocenters. The molecular weight excluding hydrogens is 277 g/mol. The van der Waals surface area contributed by atoms with Crippen molar-refractivity contribution in [1.82, 2.24) is 4.90 Å². The number of halogens is 1. The van der Waals surface area contributed by atoms with E-state index in [0.29, 0.717) is 5.54 Å². The number of likely N-dealkylation sites (tertiary alicyclic amines) is 1. The predicted molar refractivity (Wildman–Crippen MR) is 60.8 cm³/mol. The lowest BCUT2D eigenvalue weighted by molar-refractivity contribution is -0.102. The minimum atomic E-state index is 0.374. The first-order valence-corrected chi connectivity index (χ1v) is 5.87. The Labute approximate surface area is 93.1 Å². The Morgan fingerprint density at radius 2 is 2.38 bits per heavy atom. The molecule has 2 heterocycles. The van der Waals surface area contributed by atoms with Gasteiger partial charge in [-0.3, -0.25) is 4.90 Å². The van der Waals surface area contributed by atoms with Crippen LogP contribution < -0.4 is 0 Å². The molecule has 0 bridgehead atoms. The minimum absolute atomic E-state index is 0.374. The van der Waals surface area contributed by atoms with Crippen molar-refractivity contribution in [2.24, 2.45) is 0 Å². The zero-order chi connectivity index (χ0) is 9.15. The van der Waals surface area contributed by atoms with E-state index in [1.165, 1.54) is 25.8 Å². The molecule has 0 N–H and O–H groups in total. The molecule has 0 aliphatic carbocycles. The quantitative estimate of drug-likeness (QED) is 0.538. The first-order chi connectivity index (χ1) is 6.37. The highest BCUT2D eigenvalue weighted by Gasteiger charge is 2.45. The normalized spacial score (nSPS) is 33.6. The first kappa shape index (κ1) is 9.75. The molecule has 3 heteroatoms. The summed E-state index contributed by atoms with van der Waals surface area (Å²) in [6, 6.07) is 0. The van der Waals surface area contributed by atoms with Crippen LogP contribution in [-0.2, 0) is 4.74 Å². The van der Waals surface area contributed by atoms with Gasteiger partial charge in [0.2, 0.25) is 0 Å². The summed E-state index contributed by atoms with van der Waals surface area (Å²) in [6.07, 6.45) is 3.82. The molecule has 0 saturated carbocycles. The van der Waals surface area contributed by atoms with E-state index >= 15 is 0 Å². The Morgan fingerprint density at radius 3 is 2.92 bits per heavy atom. The molecule has 0 aromatic carbocycles. The van der Waals surface area contributed by atoms with E-state index < -0.39 is 0 Å². The molecule has 2 rings (SSSR count). The van der Waals surface area contributed by atoms with Gasteiger partial charge in [-0.05, 0) is 23.2 Å². The molecule has 2 nitrogen and oxygen atoms in total. The fourth-order valence-electron chi connectivity index (χ4n) is 2.24. The molecule has 1 atom stereocenters. The fraction of sp³-hybridized carbons (Fsp3) is 0.800. The Kier molecular flexibility index (Phi) is 3.12. The maximum Gasteiger partial charge on any atom is 0.0651 e. The number of nitrogens with zero attached hydrogens (tertiary/aromatic N) is 1. The average Bonchev–Trinajstić information content (AvgIpc) is 2.18. The lowest BCUT2D eigenvalue weighted by atomic mass is 9.80. The number of hydrogen-bond acceptors (Lipinski definition) is 2. The van der Waals surface area contributed by atoms with E-state index in [-0.39, 0.29) is 0 Å². The van der Waals surface area contributed by atoms with Gasteiger partial charge in [0.1, 0.15) is 0 Å². The molecule has 2 aliphatic heterocycles. The van der Waals surface area contributed by atoms with Crippen LogP contribution in [0.4, 0.5) is 0 Å². The number of rotatable bonds is 1. The van der Waals surface area contributed by atoms with Crippen LogP contribution in [0, 0.1) is 9.85 Å². The topological polar surface area (TPSA) is 12.5 Å². The Bertz CT molecular complexity index is 237. The van der Waals surface area contributed by atoms with Crippen molar-refractivity contribution in [2.75, 3.05) is 26.3 Å². The van der Waals surface area contributed by atoms with E-state index in [2.05, 4.69) is 37.3 Å². The molecule has 2 saturated heterocycles. The smallest absolute Gasteiger partial charge is 0.0651 e. The van der Waals surface area contributed by atoms with Crippen LogP contribution in [-0.4, -0.2) is 36.7 Å². The van der Waals surface area contributed by atoms with E-state index in [1.807, 2.05) is 0 Å². The molecule has 0 aromatic heterocycles. The summed E-state index contributed by atoms with van der Waals surface area (Å²) in [7, 11) is 0. The van der Waals surface area contributed by atoms with E-state index in [0.717, 1.165) is 19.8 Å². The second kappa shape index (κ2) is 4.16. The number of hydrogen-bond donors (Lipinski definition) is 0. The van der Waals surface area contributed by atoms with E-state index in [9.17, 15) is 0 Å². The van der Waals surface area contributed by atoms with Crippen molar-refractivity contribution in [3.05, 3.63) is 0 Å². The van der Waals surface area contributed by atoms with Crippen LogP contribution >= 0.6 is 22.6 Å². The standard InChI is InChI=1S/C10H14INO/c11-5-2-6-12-7-4-10(12)3-1-8-13-9-10/h1,3-4,6-9H2. The highest BCUT2D eigenvalue weighted by atomic mass is 127. The van der Waals surface area contributed by atoms with Gasteiger partial charge in [0.15, 0.2) is 0 Å². The Morgan fingerprint density at radius 1 is 1.46 bits per heavy atom. The SMILES string of the molecule is IC#CCN1CCC12CCCOC2. The van der Waals surface area contributed by atoms with Gasteiger partial charge >= 0.3 is 0 Å². The molecule has 72 valence electrons. The van der Waals surface area contributed by atoms with E-state index in [4.69, 9.17) is 4.74 Å².